The lowest BCUT2D eigenvalue weighted by atomic mass is 10.1. The summed E-state index contributed by atoms with van der Waals surface area (Å²) in [6, 6.07) is 15.7. The first-order valence-corrected chi connectivity index (χ1v) is 10.6. The van der Waals surface area contributed by atoms with Gasteiger partial charge < -0.3 is 29.6 Å². The molecule has 0 aliphatic carbocycles. The molecule has 0 saturated carbocycles. The predicted molar refractivity (Wildman–Crippen MR) is 131 cm³/mol. The molecular formula is C26H28N2O6. The Hall–Kier alpha value is -4.20. The van der Waals surface area contributed by atoms with E-state index < -0.39 is 0 Å². The van der Waals surface area contributed by atoms with E-state index in [2.05, 4.69) is 10.6 Å². The van der Waals surface area contributed by atoms with Crippen LogP contribution in [-0.2, 0) is 4.79 Å². The number of amides is 2. The van der Waals surface area contributed by atoms with Crippen molar-refractivity contribution in [2.45, 2.75) is 13.8 Å². The maximum Gasteiger partial charge on any atom is 0.262 e. The van der Waals surface area contributed by atoms with E-state index in [0.29, 0.717) is 34.2 Å². The van der Waals surface area contributed by atoms with Crippen LogP contribution >= 0.6 is 0 Å². The lowest BCUT2D eigenvalue weighted by Crippen LogP contribution is -2.20. The zero-order valence-electron chi connectivity index (χ0n) is 19.9. The molecule has 178 valence electrons. The fourth-order valence-electron chi connectivity index (χ4n) is 3.34. The van der Waals surface area contributed by atoms with Gasteiger partial charge in [-0.3, -0.25) is 9.59 Å². The van der Waals surface area contributed by atoms with E-state index in [1.807, 2.05) is 32.0 Å². The van der Waals surface area contributed by atoms with E-state index in [4.69, 9.17) is 18.9 Å². The van der Waals surface area contributed by atoms with Gasteiger partial charge in [-0.25, -0.2) is 0 Å². The summed E-state index contributed by atoms with van der Waals surface area (Å²) in [7, 11) is 4.47. The minimum atomic E-state index is -0.347. The third-order valence-corrected chi connectivity index (χ3v) is 5.07. The van der Waals surface area contributed by atoms with Crippen molar-refractivity contribution in [3.63, 3.8) is 0 Å². The number of rotatable bonds is 9. The Balaban J connectivity index is 1.59. The molecule has 3 aromatic carbocycles. The van der Waals surface area contributed by atoms with Gasteiger partial charge in [0.25, 0.3) is 11.8 Å². The van der Waals surface area contributed by atoms with E-state index in [0.717, 1.165) is 16.8 Å². The summed E-state index contributed by atoms with van der Waals surface area (Å²) < 4.78 is 21.4. The van der Waals surface area contributed by atoms with Crippen LogP contribution in [0.3, 0.4) is 0 Å². The van der Waals surface area contributed by atoms with E-state index in [-0.39, 0.29) is 18.4 Å². The Labute approximate surface area is 198 Å². The molecule has 0 aromatic heterocycles. The van der Waals surface area contributed by atoms with Crippen LogP contribution in [0, 0.1) is 13.8 Å². The zero-order valence-corrected chi connectivity index (χ0v) is 19.9. The van der Waals surface area contributed by atoms with Crippen LogP contribution in [0.2, 0.25) is 0 Å². The third-order valence-electron chi connectivity index (χ3n) is 5.07. The summed E-state index contributed by atoms with van der Waals surface area (Å²) in [5.74, 6) is 1.07. The van der Waals surface area contributed by atoms with E-state index in [9.17, 15) is 9.59 Å². The molecule has 0 heterocycles. The first-order valence-electron chi connectivity index (χ1n) is 10.6. The molecule has 0 saturated heterocycles. The van der Waals surface area contributed by atoms with Gasteiger partial charge in [0.1, 0.15) is 5.75 Å². The van der Waals surface area contributed by atoms with E-state index in [1.54, 1.807) is 36.4 Å². The van der Waals surface area contributed by atoms with Crippen LogP contribution in [0.15, 0.2) is 54.6 Å². The largest absolute Gasteiger partial charge is 0.493 e. The lowest BCUT2D eigenvalue weighted by molar-refractivity contribution is -0.118. The highest BCUT2D eigenvalue weighted by Gasteiger charge is 2.17. The van der Waals surface area contributed by atoms with E-state index >= 15 is 0 Å². The van der Waals surface area contributed by atoms with E-state index in [1.165, 1.54) is 21.3 Å². The highest BCUT2D eigenvalue weighted by atomic mass is 16.5. The van der Waals surface area contributed by atoms with Gasteiger partial charge in [0, 0.05) is 16.9 Å². The number of methoxy groups -OCH3 is 3. The minimum absolute atomic E-state index is 0.134. The second-order valence-corrected chi connectivity index (χ2v) is 7.55. The van der Waals surface area contributed by atoms with Gasteiger partial charge in [-0.2, -0.15) is 0 Å². The van der Waals surface area contributed by atoms with Gasteiger partial charge in [0.15, 0.2) is 18.1 Å². The van der Waals surface area contributed by atoms with Crippen molar-refractivity contribution in [3.8, 4) is 23.0 Å². The van der Waals surface area contributed by atoms with Crippen molar-refractivity contribution < 1.29 is 28.5 Å². The fourth-order valence-corrected chi connectivity index (χ4v) is 3.34. The molecule has 0 aliphatic rings. The van der Waals surface area contributed by atoms with Crippen LogP contribution in [-0.4, -0.2) is 39.8 Å². The van der Waals surface area contributed by atoms with Crippen molar-refractivity contribution in [2.24, 2.45) is 0 Å². The maximum absolute atomic E-state index is 12.7. The second kappa shape index (κ2) is 11.1. The number of carbonyl (C=O) groups is 2. The molecular weight excluding hydrogens is 436 g/mol. The number of aryl methyl sites for hydroxylation is 2. The number of carbonyl (C=O) groups excluding carboxylic acids is 2. The normalized spacial score (nSPS) is 10.3. The number of nitrogens with one attached hydrogen (secondary N) is 2. The molecule has 3 rings (SSSR count). The first-order chi connectivity index (χ1) is 16.3. The first kappa shape index (κ1) is 24.4. The Bertz CT molecular complexity index is 1150. The Morgan fingerprint density at radius 3 is 2.00 bits per heavy atom. The van der Waals surface area contributed by atoms with Gasteiger partial charge in [-0.15, -0.1) is 0 Å². The molecule has 0 aliphatic heterocycles. The number of benzene rings is 3. The van der Waals surface area contributed by atoms with Crippen molar-refractivity contribution in [3.05, 3.63) is 71.3 Å². The summed E-state index contributed by atoms with van der Waals surface area (Å²) >= 11 is 0. The molecule has 8 nitrogen and oxygen atoms in total. The maximum atomic E-state index is 12.7. The molecule has 8 heteroatoms. The Morgan fingerprint density at radius 1 is 0.794 bits per heavy atom. The van der Waals surface area contributed by atoms with Crippen molar-refractivity contribution in [2.75, 3.05) is 38.6 Å². The molecule has 34 heavy (non-hydrogen) atoms. The molecule has 2 N–H and O–H groups in total. The molecule has 0 radical (unpaired) electrons. The number of ether oxygens (including phenoxy) is 4. The predicted octanol–water partition coefficient (Wildman–Crippen LogP) is 4.60. The summed E-state index contributed by atoms with van der Waals surface area (Å²) in [6.45, 7) is 3.80. The lowest BCUT2D eigenvalue weighted by Gasteiger charge is -2.14. The summed E-state index contributed by atoms with van der Waals surface area (Å²) in [5.41, 5.74) is 3.78. The monoisotopic (exact) mass is 464 g/mol. The molecule has 0 bridgehead atoms. The van der Waals surface area contributed by atoms with Gasteiger partial charge in [-0.1, -0.05) is 17.7 Å². The van der Waals surface area contributed by atoms with Gasteiger partial charge in [-0.05, 0) is 61.9 Å². The Kier molecular flexibility index (Phi) is 7.97. The van der Waals surface area contributed by atoms with Crippen LogP contribution in [0.5, 0.6) is 23.0 Å². The highest BCUT2D eigenvalue weighted by molar-refractivity contribution is 6.05. The molecule has 3 aromatic rings. The average molecular weight is 465 g/mol. The van der Waals surface area contributed by atoms with Crippen molar-refractivity contribution in [1.82, 2.24) is 0 Å². The van der Waals surface area contributed by atoms with Gasteiger partial charge in [0.05, 0.1) is 21.3 Å². The van der Waals surface area contributed by atoms with Crippen LogP contribution in [0.1, 0.15) is 21.5 Å². The third kappa shape index (κ3) is 5.98. The molecule has 2 amide bonds. The highest BCUT2D eigenvalue weighted by Crippen LogP contribution is 2.38. The second-order valence-electron chi connectivity index (χ2n) is 7.55. The number of anilines is 2. The quantitative estimate of drug-likeness (QED) is 0.481. The minimum Gasteiger partial charge on any atom is -0.493 e. The molecule has 0 atom stereocenters. The van der Waals surface area contributed by atoms with Crippen LogP contribution < -0.4 is 29.6 Å². The van der Waals surface area contributed by atoms with Crippen molar-refractivity contribution in [1.29, 1.82) is 0 Å². The standard InChI is InChI=1S/C26H28N2O6/c1-16-6-11-21(17(2)12-16)28-24(29)15-34-20-9-7-19(8-10-20)27-26(30)18-13-22(31-3)25(33-5)23(14-18)32-4/h6-14H,15H2,1-5H3,(H,27,30)(H,28,29). The SMILES string of the molecule is COc1cc(C(=O)Nc2ccc(OCC(=O)Nc3ccc(C)cc3C)cc2)cc(OC)c1OC. The molecule has 0 unspecified atom stereocenters. The smallest absolute Gasteiger partial charge is 0.262 e. The Morgan fingerprint density at radius 2 is 1.44 bits per heavy atom. The van der Waals surface area contributed by atoms with Crippen LogP contribution in [0.25, 0.3) is 0 Å². The zero-order chi connectivity index (χ0) is 24.7. The van der Waals surface area contributed by atoms with Gasteiger partial charge >= 0.3 is 0 Å². The number of hydrogen-bond donors (Lipinski definition) is 2. The number of hydrogen-bond acceptors (Lipinski definition) is 6. The fraction of sp³-hybridized carbons (Fsp3) is 0.231. The van der Waals surface area contributed by atoms with Gasteiger partial charge in [0.2, 0.25) is 5.75 Å². The summed E-state index contributed by atoms with van der Waals surface area (Å²) in [5, 5.41) is 5.65. The summed E-state index contributed by atoms with van der Waals surface area (Å²) in [4.78, 5) is 24.9. The van der Waals surface area contributed by atoms with Crippen molar-refractivity contribution >= 4 is 23.2 Å². The average Bonchev–Trinajstić information content (AvgIpc) is 2.84. The summed E-state index contributed by atoms with van der Waals surface area (Å²) in [6.07, 6.45) is 0. The topological polar surface area (TPSA) is 95.1 Å². The molecule has 0 spiro atoms. The molecule has 0 fully saturated rings. The van der Waals surface area contributed by atoms with Crippen LogP contribution in [0.4, 0.5) is 11.4 Å².